The first-order valence-corrected chi connectivity index (χ1v) is 12.7. The molecule has 0 radical (unpaired) electrons. The topological polar surface area (TPSA) is 201 Å². The van der Waals surface area contributed by atoms with Crippen molar-refractivity contribution in [3.8, 4) is 51.7 Å². The van der Waals surface area contributed by atoms with Crippen molar-refractivity contribution < 1.29 is 55.4 Å². The summed E-state index contributed by atoms with van der Waals surface area (Å²) in [5.74, 6) is -3.35. The van der Waals surface area contributed by atoms with E-state index in [1.54, 1.807) is 0 Å². The minimum atomic E-state index is -1.43. The van der Waals surface area contributed by atoms with E-state index < -0.39 is 41.8 Å². The van der Waals surface area contributed by atoms with Crippen LogP contribution in [0.3, 0.4) is 0 Å². The summed E-state index contributed by atoms with van der Waals surface area (Å²) in [6, 6.07) is 13.0. The summed E-state index contributed by atoms with van der Waals surface area (Å²) in [5, 5.41) is 94.1. The molecule has 4 aromatic rings. The van der Waals surface area contributed by atoms with Crippen molar-refractivity contribution in [1.82, 2.24) is 0 Å². The number of phenolic OH excluding ortho intramolecular Hbond substituents is 7. The lowest BCUT2D eigenvalue weighted by Gasteiger charge is -2.41. The highest BCUT2D eigenvalue weighted by molar-refractivity contribution is 5.64. The number of phenols is 7. The Balaban J connectivity index is 1.55. The van der Waals surface area contributed by atoms with Gasteiger partial charge in [0.1, 0.15) is 41.0 Å². The first kappa shape index (κ1) is 26.2. The highest BCUT2D eigenvalue weighted by Gasteiger charge is 2.45. The van der Waals surface area contributed by atoms with Crippen LogP contribution >= 0.6 is 0 Å². The summed E-state index contributed by atoms with van der Waals surface area (Å²) in [6.45, 7) is 0. The number of aliphatic hydroxyl groups excluding tert-OH is 2. The lowest BCUT2D eigenvalue weighted by Crippen LogP contribution is -2.37. The van der Waals surface area contributed by atoms with Crippen LogP contribution in [0.4, 0.5) is 0 Å². The number of hydrogen-bond donors (Lipinski definition) is 9. The molecule has 41 heavy (non-hydrogen) atoms. The molecule has 0 saturated carbocycles. The van der Waals surface area contributed by atoms with E-state index in [9.17, 15) is 46.0 Å². The molecular formula is C30H26O11. The monoisotopic (exact) mass is 562 g/mol. The van der Waals surface area contributed by atoms with Gasteiger partial charge in [-0.25, -0.2) is 0 Å². The Labute approximate surface area is 232 Å². The number of fused-ring (bicyclic) bond motifs is 3. The molecule has 0 bridgehead atoms. The summed E-state index contributed by atoms with van der Waals surface area (Å²) in [4.78, 5) is 0. The maximum absolute atomic E-state index is 11.7. The normalized spacial score (nSPS) is 23.1. The van der Waals surface area contributed by atoms with Crippen molar-refractivity contribution in [2.75, 3.05) is 0 Å². The molecule has 9 N–H and O–H groups in total. The Bertz CT molecular complexity index is 1670. The molecule has 4 aromatic carbocycles. The Morgan fingerprint density at radius 2 is 1.22 bits per heavy atom. The van der Waals surface area contributed by atoms with Crippen molar-refractivity contribution in [2.24, 2.45) is 0 Å². The lowest BCUT2D eigenvalue weighted by molar-refractivity contribution is -0.00244. The molecule has 0 saturated heterocycles. The minimum absolute atomic E-state index is 0.0743. The van der Waals surface area contributed by atoms with Crippen LogP contribution in [-0.4, -0.2) is 58.2 Å². The van der Waals surface area contributed by atoms with E-state index in [1.807, 2.05) is 0 Å². The van der Waals surface area contributed by atoms with Gasteiger partial charge in [0.2, 0.25) is 0 Å². The van der Waals surface area contributed by atoms with Crippen molar-refractivity contribution >= 4 is 0 Å². The Hall–Kier alpha value is -5.00. The molecule has 2 heterocycles. The predicted octanol–water partition coefficient (Wildman–Crippen LogP) is 3.29. The molecule has 2 aliphatic heterocycles. The predicted molar refractivity (Wildman–Crippen MR) is 142 cm³/mol. The standard InChI is InChI=1S/C30H26O11/c31-14-3-4-15(19(34)9-14)25-26-24(40-29(27(25)39)13-2-6-18(33)22(37)8-13)11-20(35)16-10-23(38)28(41-30(16)26)12-1-5-17(32)21(36)7-12/h1-9,11,23,25,27-29,31-39H,10H2/t23-,25+,27+,28-,29-/m1/s1. The number of aromatic hydroxyl groups is 7. The zero-order valence-electron chi connectivity index (χ0n) is 21.2. The van der Waals surface area contributed by atoms with Crippen molar-refractivity contribution in [3.05, 3.63) is 88.5 Å². The van der Waals surface area contributed by atoms with Crippen LogP contribution in [0.2, 0.25) is 0 Å². The second-order valence-electron chi connectivity index (χ2n) is 10.2. The van der Waals surface area contributed by atoms with Crippen molar-refractivity contribution in [1.29, 1.82) is 0 Å². The van der Waals surface area contributed by atoms with Gasteiger partial charge >= 0.3 is 0 Å². The molecule has 0 spiro atoms. The molecule has 6 rings (SSSR count). The molecule has 0 aliphatic carbocycles. The average molecular weight is 563 g/mol. The first-order valence-electron chi connectivity index (χ1n) is 12.7. The fraction of sp³-hybridized carbons (Fsp3) is 0.200. The SMILES string of the molecule is Oc1ccc([C@H]2c3c(cc(O)c4c3O[C@H](c3ccc(O)c(O)c3)[C@H](O)C4)O[C@H](c3ccc(O)c(O)c3)[C@H]2O)c(O)c1. The van der Waals surface area contributed by atoms with Crippen LogP contribution in [0.15, 0.2) is 60.7 Å². The molecule has 212 valence electrons. The highest BCUT2D eigenvalue weighted by atomic mass is 16.5. The van der Waals surface area contributed by atoms with Crippen LogP contribution in [0.25, 0.3) is 0 Å². The zero-order valence-corrected chi connectivity index (χ0v) is 21.2. The average Bonchev–Trinajstić information content (AvgIpc) is 2.92. The molecule has 0 aromatic heterocycles. The molecule has 11 nitrogen and oxygen atoms in total. The lowest BCUT2D eigenvalue weighted by atomic mass is 9.77. The number of aliphatic hydroxyl groups is 2. The summed E-state index contributed by atoms with van der Waals surface area (Å²) in [7, 11) is 0. The molecule has 2 aliphatic rings. The van der Waals surface area contributed by atoms with Crippen molar-refractivity contribution in [2.45, 2.75) is 36.8 Å². The van der Waals surface area contributed by atoms with Crippen molar-refractivity contribution in [3.63, 3.8) is 0 Å². The largest absolute Gasteiger partial charge is 0.508 e. The molecule has 0 fully saturated rings. The van der Waals surface area contributed by atoms with Gasteiger partial charge in [0.25, 0.3) is 0 Å². The first-order chi connectivity index (χ1) is 19.5. The van der Waals surface area contributed by atoms with E-state index in [0.717, 1.165) is 6.07 Å². The molecule has 11 heteroatoms. The van der Waals surface area contributed by atoms with E-state index in [1.165, 1.54) is 54.6 Å². The van der Waals surface area contributed by atoms with E-state index >= 15 is 0 Å². The summed E-state index contributed by atoms with van der Waals surface area (Å²) >= 11 is 0. The third kappa shape index (κ3) is 4.31. The molecule has 0 amide bonds. The quantitative estimate of drug-likeness (QED) is 0.166. The summed E-state index contributed by atoms with van der Waals surface area (Å²) in [5.41, 5.74) is 1.26. The van der Waals surface area contributed by atoms with E-state index in [2.05, 4.69) is 0 Å². The van der Waals surface area contributed by atoms with Gasteiger partial charge in [0, 0.05) is 41.2 Å². The van der Waals surface area contributed by atoms with Gasteiger partial charge in [0.15, 0.2) is 29.1 Å². The fourth-order valence-electron chi connectivity index (χ4n) is 5.60. The van der Waals surface area contributed by atoms with Gasteiger partial charge in [-0.3, -0.25) is 0 Å². The van der Waals surface area contributed by atoms with Crippen LogP contribution in [-0.2, 0) is 6.42 Å². The Kier molecular flexibility index (Phi) is 6.13. The number of benzene rings is 4. The smallest absolute Gasteiger partial charge is 0.157 e. The highest BCUT2D eigenvalue weighted by Crippen LogP contribution is 2.56. The third-order valence-corrected chi connectivity index (χ3v) is 7.59. The van der Waals surface area contributed by atoms with Gasteiger partial charge in [-0.05, 0) is 41.5 Å². The van der Waals surface area contributed by atoms with Gasteiger partial charge in [-0.1, -0.05) is 18.2 Å². The van der Waals surface area contributed by atoms with E-state index in [4.69, 9.17) is 9.47 Å². The van der Waals surface area contributed by atoms with Gasteiger partial charge in [0.05, 0.1) is 6.10 Å². The Morgan fingerprint density at radius 1 is 0.585 bits per heavy atom. The van der Waals surface area contributed by atoms with Gasteiger partial charge in [-0.15, -0.1) is 0 Å². The molecule has 0 unspecified atom stereocenters. The maximum atomic E-state index is 11.7. The number of hydrogen-bond acceptors (Lipinski definition) is 11. The number of ether oxygens (including phenoxy) is 2. The minimum Gasteiger partial charge on any atom is -0.508 e. The second kappa shape index (κ2) is 9.58. The van der Waals surface area contributed by atoms with Crippen LogP contribution < -0.4 is 9.47 Å². The summed E-state index contributed by atoms with van der Waals surface area (Å²) < 4.78 is 12.4. The van der Waals surface area contributed by atoms with Gasteiger partial charge in [-0.2, -0.15) is 0 Å². The van der Waals surface area contributed by atoms with Crippen LogP contribution in [0, 0.1) is 0 Å². The van der Waals surface area contributed by atoms with Crippen LogP contribution in [0.5, 0.6) is 51.7 Å². The third-order valence-electron chi connectivity index (χ3n) is 7.59. The van der Waals surface area contributed by atoms with Crippen LogP contribution in [0.1, 0.15) is 45.9 Å². The van der Waals surface area contributed by atoms with Gasteiger partial charge < -0.3 is 55.4 Å². The molecule has 5 atom stereocenters. The Morgan fingerprint density at radius 3 is 1.83 bits per heavy atom. The summed E-state index contributed by atoms with van der Waals surface area (Å²) in [6.07, 6.45) is -4.89. The number of rotatable bonds is 3. The second-order valence-corrected chi connectivity index (χ2v) is 10.2. The van der Waals surface area contributed by atoms with E-state index in [-0.39, 0.29) is 68.9 Å². The fourth-order valence-corrected chi connectivity index (χ4v) is 5.60. The maximum Gasteiger partial charge on any atom is 0.157 e. The van der Waals surface area contributed by atoms with E-state index in [0.29, 0.717) is 5.56 Å². The zero-order chi connectivity index (χ0) is 29.2. The molecular weight excluding hydrogens is 536 g/mol.